The van der Waals surface area contributed by atoms with Gasteiger partial charge in [-0.25, -0.2) is 0 Å². The summed E-state index contributed by atoms with van der Waals surface area (Å²) in [7, 11) is 0. The summed E-state index contributed by atoms with van der Waals surface area (Å²) in [6, 6.07) is 5.47. The Labute approximate surface area is 85.0 Å². The van der Waals surface area contributed by atoms with Gasteiger partial charge in [-0.15, -0.1) is 0 Å². The Morgan fingerprint density at radius 3 is 2.85 bits per heavy atom. The molecule has 3 heteroatoms. The zero-order valence-electron chi connectivity index (χ0n) is 7.00. The monoisotopic (exact) mass is 240 g/mol. The zero-order valence-corrected chi connectivity index (χ0v) is 8.58. The van der Waals surface area contributed by atoms with E-state index in [9.17, 15) is 4.79 Å². The van der Waals surface area contributed by atoms with Gasteiger partial charge in [0.1, 0.15) is 5.75 Å². The molecule has 0 N–H and O–H groups in total. The molecule has 0 aliphatic heterocycles. The highest BCUT2D eigenvalue weighted by molar-refractivity contribution is 9.10. The second-order valence-electron chi connectivity index (χ2n) is 3.12. The molecule has 0 aromatic heterocycles. The predicted molar refractivity (Wildman–Crippen MR) is 53.2 cm³/mol. The molecule has 0 heterocycles. The van der Waals surface area contributed by atoms with E-state index >= 15 is 0 Å². The summed E-state index contributed by atoms with van der Waals surface area (Å²) in [5.74, 6) is 0.695. The Kier molecular flexibility index (Phi) is 2.36. The molecular weight excluding hydrogens is 232 g/mol. The number of carbonyl (C=O) groups is 1. The number of benzene rings is 1. The van der Waals surface area contributed by atoms with E-state index in [4.69, 9.17) is 4.74 Å². The van der Waals surface area contributed by atoms with Crippen molar-refractivity contribution in [2.45, 2.75) is 18.9 Å². The van der Waals surface area contributed by atoms with Crippen LogP contribution in [0.4, 0.5) is 0 Å². The SMILES string of the molecule is O=Cc1cc(Br)ccc1OC1CC1. The Morgan fingerprint density at radius 1 is 1.46 bits per heavy atom. The quantitative estimate of drug-likeness (QED) is 0.760. The molecule has 0 bridgehead atoms. The molecule has 1 fully saturated rings. The maximum absolute atomic E-state index is 10.7. The molecule has 0 spiro atoms. The summed E-state index contributed by atoms with van der Waals surface area (Å²) in [6.45, 7) is 0. The van der Waals surface area contributed by atoms with Crippen LogP contribution in [0.3, 0.4) is 0 Å². The van der Waals surface area contributed by atoms with Crippen LogP contribution >= 0.6 is 15.9 Å². The highest BCUT2D eigenvalue weighted by atomic mass is 79.9. The first-order valence-corrected chi connectivity index (χ1v) is 5.00. The van der Waals surface area contributed by atoms with Gasteiger partial charge in [0.2, 0.25) is 0 Å². The van der Waals surface area contributed by atoms with E-state index in [0.717, 1.165) is 23.6 Å². The smallest absolute Gasteiger partial charge is 0.153 e. The minimum atomic E-state index is 0.333. The van der Waals surface area contributed by atoms with Crippen LogP contribution in [0.5, 0.6) is 5.75 Å². The van der Waals surface area contributed by atoms with E-state index in [2.05, 4.69) is 15.9 Å². The maximum Gasteiger partial charge on any atom is 0.153 e. The molecule has 2 rings (SSSR count). The van der Waals surface area contributed by atoms with Crippen LogP contribution in [0.1, 0.15) is 23.2 Å². The standard InChI is InChI=1S/C10H9BrO2/c11-8-1-4-10(7(5-8)6-12)13-9-2-3-9/h1,4-6,9H,2-3H2. The van der Waals surface area contributed by atoms with Crippen LogP contribution in [0, 0.1) is 0 Å². The van der Waals surface area contributed by atoms with E-state index in [1.54, 1.807) is 6.07 Å². The number of halogens is 1. The van der Waals surface area contributed by atoms with Gasteiger partial charge in [0.05, 0.1) is 11.7 Å². The zero-order chi connectivity index (χ0) is 9.26. The Bertz CT molecular complexity index is 332. The molecule has 0 atom stereocenters. The van der Waals surface area contributed by atoms with Gasteiger partial charge in [0, 0.05) is 4.47 Å². The third-order valence-corrected chi connectivity index (χ3v) is 2.41. The minimum Gasteiger partial charge on any atom is -0.490 e. The van der Waals surface area contributed by atoms with Crippen molar-refractivity contribution >= 4 is 22.2 Å². The van der Waals surface area contributed by atoms with Crippen LogP contribution in [0.25, 0.3) is 0 Å². The number of hydrogen-bond acceptors (Lipinski definition) is 2. The Balaban J connectivity index is 2.25. The fraction of sp³-hybridized carbons (Fsp3) is 0.300. The first-order valence-electron chi connectivity index (χ1n) is 4.21. The lowest BCUT2D eigenvalue weighted by Gasteiger charge is -2.06. The van der Waals surface area contributed by atoms with E-state index in [1.807, 2.05) is 12.1 Å². The van der Waals surface area contributed by atoms with Crippen LogP contribution in [0.2, 0.25) is 0 Å². The third kappa shape index (κ3) is 2.10. The minimum absolute atomic E-state index is 0.333. The molecule has 2 nitrogen and oxygen atoms in total. The molecule has 13 heavy (non-hydrogen) atoms. The summed E-state index contributed by atoms with van der Waals surface area (Å²) in [5, 5.41) is 0. The average molecular weight is 241 g/mol. The molecule has 1 aliphatic rings. The number of rotatable bonds is 3. The van der Waals surface area contributed by atoms with Crippen molar-refractivity contribution in [3.8, 4) is 5.75 Å². The second-order valence-corrected chi connectivity index (χ2v) is 4.03. The lowest BCUT2D eigenvalue weighted by atomic mass is 10.2. The van der Waals surface area contributed by atoms with Crippen LogP contribution < -0.4 is 4.74 Å². The van der Waals surface area contributed by atoms with Crippen LogP contribution in [0.15, 0.2) is 22.7 Å². The van der Waals surface area contributed by atoms with Crippen molar-refractivity contribution in [3.05, 3.63) is 28.2 Å². The summed E-state index contributed by atoms with van der Waals surface area (Å²) < 4.78 is 6.45. The van der Waals surface area contributed by atoms with Crippen LogP contribution in [-0.2, 0) is 0 Å². The number of hydrogen-bond donors (Lipinski definition) is 0. The van der Waals surface area contributed by atoms with Gasteiger partial charge < -0.3 is 4.74 Å². The second kappa shape index (κ2) is 3.50. The molecule has 0 saturated heterocycles. The van der Waals surface area contributed by atoms with Gasteiger partial charge in [-0.2, -0.15) is 0 Å². The molecule has 68 valence electrons. The average Bonchev–Trinajstić information content (AvgIpc) is 2.92. The van der Waals surface area contributed by atoms with Gasteiger partial charge in [-0.05, 0) is 31.0 Å². The van der Waals surface area contributed by atoms with Crippen molar-refractivity contribution in [1.29, 1.82) is 0 Å². The molecule has 1 aliphatic carbocycles. The summed E-state index contributed by atoms with van der Waals surface area (Å²) in [4.78, 5) is 10.7. The largest absolute Gasteiger partial charge is 0.490 e. The number of ether oxygens (including phenoxy) is 1. The van der Waals surface area contributed by atoms with Crippen molar-refractivity contribution in [2.24, 2.45) is 0 Å². The maximum atomic E-state index is 10.7. The highest BCUT2D eigenvalue weighted by Gasteiger charge is 2.24. The molecule has 1 saturated carbocycles. The predicted octanol–water partition coefficient (Wildman–Crippen LogP) is 2.80. The molecule has 0 radical (unpaired) electrons. The van der Waals surface area contributed by atoms with E-state index in [-0.39, 0.29) is 0 Å². The van der Waals surface area contributed by atoms with E-state index in [1.165, 1.54) is 0 Å². The Morgan fingerprint density at radius 2 is 2.23 bits per heavy atom. The fourth-order valence-electron chi connectivity index (χ4n) is 1.08. The van der Waals surface area contributed by atoms with Crippen molar-refractivity contribution < 1.29 is 9.53 Å². The van der Waals surface area contributed by atoms with Crippen molar-refractivity contribution in [2.75, 3.05) is 0 Å². The van der Waals surface area contributed by atoms with Gasteiger partial charge in [-0.3, -0.25) is 4.79 Å². The lowest BCUT2D eigenvalue weighted by molar-refractivity contribution is 0.111. The summed E-state index contributed by atoms with van der Waals surface area (Å²) in [6.07, 6.45) is 3.37. The first-order chi connectivity index (χ1) is 6.29. The van der Waals surface area contributed by atoms with E-state index in [0.29, 0.717) is 17.4 Å². The van der Waals surface area contributed by atoms with Gasteiger partial charge >= 0.3 is 0 Å². The van der Waals surface area contributed by atoms with Gasteiger partial charge in [0.25, 0.3) is 0 Å². The molecular formula is C10H9BrO2. The van der Waals surface area contributed by atoms with Crippen molar-refractivity contribution in [3.63, 3.8) is 0 Å². The lowest BCUT2D eigenvalue weighted by Crippen LogP contribution is -1.98. The van der Waals surface area contributed by atoms with Gasteiger partial charge in [0.15, 0.2) is 6.29 Å². The summed E-state index contributed by atoms with van der Waals surface area (Å²) >= 11 is 3.30. The van der Waals surface area contributed by atoms with Crippen LogP contribution in [-0.4, -0.2) is 12.4 Å². The first kappa shape index (κ1) is 8.75. The van der Waals surface area contributed by atoms with E-state index < -0.39 is 0 Å². The molecule has 1 aromatic carbocycles. The molecule has 1 aromatic rings. The number of carbonyl (C=O) groups excluding carboxylic acids is 1. The third-order valence-electron chi connectivity index (χ3n) is 1.92. The molecule has 0 amide bonds. The normalized spacial score (nSPS) is 15.5. The molecule has 0 unspecified atom stereocenters. The topological polar surface area (TPSA) is 26.3 Å². The highest BCUT2D eigenvalue weighted by Crippen LogP contribution is 2.29. The van der Waals surface area contributed by atoms with Crippen molar-refractivity contribution in [1.82, 2.24) is 0 Å². The summed E-state index contributed by atoms with van der Waals surface area (Å²) in [5.41, 5.74) is 0.612. The number of aldehydes is 1. The Hall–Kier alpha value is -0.830. The fourth-order valence-corrected chi connectivity index (χ4v) is 1.46. The van der Waals surface area contributed by atoms with Gasteiger partial charge in [-0.1, -0.05) is 15.9 Å².